The number of amides is 1. The zero-order valence-corrected chi connectivity index (χ0v) is 12.8. The molecular formula is C17H22N2O2. The lowest BCUT2D eigenvalue weighted by Crippen LogP contribution is -2.25. The summed E-state index contributed by atoms with van der Waals surface area (Å²) in [6.45, 7) is 6.50. The van der Waals surface area contributed by atoms with Crippen molar-refractivity contribution in [3.63, 3.8) is 0 Å². The summed E-state index contributed by atoms with van der Waals surface area (Å²) in [6, 6.07) is 9.32. The number of carbonyl (C=O) groups excluding carboxylic acids is 1. The molecule has 1 N–H and O–H groups in total. The molecule has 1 amide bonds. The van der Waals surface area contributed by atoms with Gasteiger partial charge >= 0.3 is 0 Å². The number of carbonyl (C=O) groups is 1. The molecule has 1 aromatic carbocycles. The Kier molecular flexibility index (Phi) is 7.03. The Morgan fingerprint density at radius 3 is 2.76 bits per heavy atom. The first kappa shape index (κ1) is 16.8. The van der Waals surface area contributed by atoms with E-state index in [2.05, 4.69) is 5.32 Å². The molecule has 0 fully saturated rings. The number of nitriles is 1. The topological polar surface area (TPSA) is 62.1 Å². The molecule has 0 aromatic heterocycles. The molecule has 0 heterocycles. The van der Waals surface area contributed by atoms with E-state index in [9.17, 15) is 4.79 Å². The maximum atomic E-state index is 11.9. The largest absolute Gasteiger partial charge is 0.490 e. The maximum Gasteiger partial charge on any atom is 0.261 e. The van der Waals surface area contributed by atoms with Crippen molar-refractivity contribution >= 4 is 12.0 Å². The summed E-state index contributed by atoms with van der Waals surface area (Å²) in [5, 5.41) is 11.9. The van der Waals surface area contributed by atoms with Crippen LogP contribution in [0.2, 0.25) is 0 Å². The van der Waals surface area contributed by atoms with Crippen molar-refractivity contribution in [2.45, 2.75) is 39.7 Å². The molecule has 0 aliphatic heterocycles. The molecule has 112 valence electrons. The summed E-state index contributed by atoms with van der Waals surface area (Å²) >= 11 is 0. The molecule has 0 unspecified atom stereocenters. The third kappa shape index (κ3) is 5.70. The molecule has 4 heteroatoms. The lowest BCUT2D eigenvalue weighted by Gasteiger charge is -2.12. The number of rotatable bonds is 7. The van der Waals surface area contributed by atoms with Crippen molar-refractivity contribution in [3.8, 4) is 11.8 Å². The predicted octanol–water partition coefficient (Wildman–Crippen LogP) is 3.30. The summed E-state index contributed by atoms with van der Waals surface area (Å²) in [4.78, 5) is 11.9. The van der Waals surface area contributed by atoms with Crippen LogP contribution in [0.3, 0.4) is 0 Å². The van der Waals surface area contributed by atoms with E-state index in [1.165, 1.54) is 0 Å². The first-order chi connectivity index (χ1) is 10.1. The Labute approximate surface area is 126 Å². The molecule has 4 nitrogen and oxygen atoms in total. The number of unbranched alkanes of at least 4 members (excludes halogenated alkanes) is 1. The third-order valence-corrected chi connectivity index (χ3v) is 2.76. The number of benzene rings is 1. The van der Waals surface area contributed by atoms with E-state index in [0.29, 0.717) is 12.3 Å². The van der Waals surface area contributed by atoms with Gasteiger partial charge in [-0.2, -0.15) is 5.26 Å². The minimum atomic E-state index is -0.342. The molecule has 1 aromatic rings. The van der Waals surface area contributed by atoms with Crippen LogP contribution in [0.1, 0.15) is 39.2 Å². The van der Waals surface area contributed by atoms with Crippen LogP contribution in [0.15, 0.2) is 29.8 Å². The number of para-hydroxylation sites is 1. The highest BCUT2D eigenvalue weighted by Gasteiger charge is 2.10. The number of ether oxygens (including phenoxy) is 1. The lowest BCUT2D eigenvalue weighted by atomic mass is 10.1. The molecule has 0 bridgehead atoms. The summed E-state index contributed by atoms with van der Waals surface area (Å²) in [6.07, 6.45) is 3.50. The van der Waals surface area contributed by atoms with Crippen LogP contribution in [0, 0.1) is 11.3 Å². The van der Waals surface area contributed by atoms with Crippen LogP contribution in [0.25, 0.3) is 6.08 Å². The number of hydrogen-bond donors (Lipinski definition) is 1. The fourth-order valence-corrected chi connectivity index (χ4v) is 1.74. The van der Waals surface area contributed by atoms with E-state index >= 15 is 0 Å². The minimum absolute atomic E-state index is 0.0310. The van der Waals surface area contributed by atoms with Crippen molar-refractivity contribution in [1.29, 1.82) is 5.26 Å². The second-order valence-corrected chi connectivity index (χ2v) is 4.98. The van der Waals surface area contributed by atoms with Crippen LogP contribution in [-0.2, 0) is 4.79 Å². The molecule has 0 aliphatic rings. The lowest BCUT2D eigenvalue weighted by molar-refractivity contribution is -0.117. The van der Waals surface area contributed by atoms with E-state index in [1.807, 2.05) is 51.1 Å². The molecule has 0 saturated heterocycles. The van der Waals surface area contributed by atoms with E-state index in [1.54, 1.807) is 6.08 Å². The van der Waals surface area contributed by atoms with Gasteiger partial charge in [0.25, 0.3) is 5.91 Å². The molecule has 0 spiro atoms. The van der Waals surface area contributed by atoms with Gasteiger partial charge in [0.05, 0.1) is 6.10 Å². The number of nitrogens with zero attached hydrogens (tertiary/aromatic N) is 1. The summed E-state index contributed by atoms with van der Waals surface area (Å²) in [5.41, 5.74) is 0.819. The fraction of sp³-hybridized carbons (Fsp3) is 0.412. The van der Waals surface area contributed by atoms with Crippen molar-refractivity contribution in [2.24, 2.45) is 0 Å². The normalized spacial score (nSPS) is 11.1. The van der Waals surface area contributed by atoms with Crippen LogP contribution >= 0.6 is 0 Å². The highest BCUT2D eigenvalue weighted by molar-refractivity contribution is 6.01. The van der Waals surface area contributed by atoms with Gasteiger partial charge in [0.2, 0.25) is 0 Å². The van der Waals surface area contributed by atoms with E-state index in [0.717, 1.165) is 18.4 Å². The Hall–Kier alpha value is -2.28. The van der Waals surface area contributed by atoms with Crippen LogP contribution < -0.4 is 10.1 Å². The second-order valence-electron chi connectivity index (χ2n) is 4.98. The van der Waals surface area contributed by atoms with Crippen molar-refractivity contribution in [2.75, 3.05) is 6.54 Å². The Morgan fingerprint density at radius 2 is 2.14 bits per heavy atom. The summed E-state index contributed by atoms with van der Waals surface area (Å²) in [5.74, 6) is 0.326. The fourth-order valence-electron chi connectivity index (χ4n) is 1.74. The van der Waals surface area contributed by atoms with Crippen molar-refractivity contribution < 1.29 is 9.53 Å². The van der Waals surface area contributed by atoms with Gasteiger partial charge in [-0.3, -0.25) is 4.79 Å². The molecule has 1 rings (SSSR count). The van der Waals surface area contributed by atoms with Crippen LogP contribution in [-0.4, -0.2) is 18.6 Å². The Balaban J connectivity index is 2.93. The van der Waals surface area contributed by atoms with Gasteiger partial charge in [-0.1, -0.05) is 31.5 Å². The predicted molar refractivity (Wildman–Crippen MR) is 83.7 cm³/mol. The van der Waals surface area contributed by atoms with Gasteiger partial charge in [0.15, 0.2) is 0 Å². The maximum absolute atomic E-state index is 11.9. The monoisotopic (exact) mass is 286 g/mol. The average molecular weight is 286 g/mol. The summed E-state index contributed by atoms with van der Waals surface area (Å²) < 4.78 is 5.68. The van der Waals surface area contributed by atoms with Gasteiger partial charge in [0, 0.05) is 12.1 Å². The quantitative estimate of drug-likeness (QED) is 0.475. The zero-order valence-electron chi connectivity index (χ0n) is 12.8. The summed E-state index contributed by atoms with van der Waals surface area (Å²) in [7, 11) is 0. The van der Waals surface area contributed by atoms with E-state index < -0.39 is 0 Å². The molecule has 0 atom stereocenters. The van der Waals surface area contributed by atoms with Gasteiger partial charge in [-0.25, -0.2) is 0 Å². The van der Waals surface area contributed by atoms with Gasteiger partial charge in [-0.05, 0) is 32.4 Å². The first-order valence-corrected chi connectivity index (χ1v) is 7.24. The molecule has 0 aliphatic carbocycles. The second kappa shape index (κ2) is 8.80. The van der Waals surface area contributed by atoms with Crippen molar-refractivity contribution in [3.05, 3.63) is 35.4 Å². The minimum Gasteiger partial charge on any atom is -0.490 e. The zero-order chi connectivity index (χ0) is 15.7. The third-order valence-electron chi connectivity index (χ3n) is 2.76. The van der Waals surface area contributed by atoms with Crippen molar-refractivity contribution in [1.82, 2.24) is 5.32 Å². The molecule has 0 radical (unpaired) electrons. The Bertz CT molecular complexity index is 542. The average Bonchev–Trinajstić information content (AvgIpc) is 2.45. The van der Waals surface area contributed by atoms with Crippen LogP contribution in [0.4, 0.5) is 0 Å². The number of hydrogen-bond acceptors (Lipinski definition) is 3. The van der Waals surface area contributed by atoms with Crippen LogP contribution in [0.5, 0.6) is 5.75 Å². The SMILES string of the molecule is CCCCNC(=O)/C(C#N)=C/c1ccccc1OC(C)C. The standard InChI is InChI=1S/C17H22N2O2/c1-4-5-10-19-17(20)15(12-18)11-14-8-6-7-9-16(14)21-13(2)3/h6-9,11,13H,4-5,10H2,1-3H3,(H,19,20)/b15-11+. The number of nitrogens with one attached hydrogen (secondary N) is 1. The first-order valence-electron chi connectivity index (χ1n) is 7.24. The highest BCUT2D eigenvalue weighted by Crippen LogP contribution is 2.22. The molecule has 0 saturated carbocycles. The van der Waals surface area contributed by atoms with E-state index in [4.69, 9.17) is 10.00 Å². The highest BCUT2D eigenvalue weighted by atomic mass is 16.5. The van der Waals surface area contributed by atoms with Gasteiger partial charge in [-0.15, -0.1) is 0 Å². The Morgan fingerprint density at radius 1 is 1.43 bits per heavy atom. The van der Waals surface area contributed by atoms with Gasteiger partial charge < -0.3 is 10.1 Å². The van der Waals surface area contributed by atoms with E-state index in [-0.39, 0.29) is 17.6 Å². The molecule has 21 heavy (non-hydrogen) atoms. The smallest absolute Gasteiger partial charge is 0.261 e. The van der Waals surface area contributed by atoms with Gasteiger partial charge in [0.1, 0.15) is 17.4 Å². The molecular weight excluding hydrogens is 264 g/mol.